The minimum atomic E-state index is -0.253. The number of rotatable bonds is 3. The van der Waals surface area contributed by atoms with Gasteiger partial charge in [0.15, 0.2) is 0 Å². The maximum Gasteiger partial charge on any atom is 0.239 e. The van der Waals surface area contributed by atoms with Gasteiger partial charge in [-0.05, 0) is 33.7 Å². The highest BCUT2D eigenvalue weighted by molar-refractivity contribution is 5.86. The maximum absolute atomic E-state index is 11.6. The lowest BCUT2D eigenvalue weighted by Gasteiger charge is -2.20. The zero-order valence-electron chi connectivity index (χ0n) is 10.2. The molecule has 5 nitrogen and oxygen atoms in total. The molecule has 2 amide bonds. The van der Waals surface area contributed by atoms with Gasteiger partial charge in [0.05, 0.1) is 12.5 Å². The van der Waals surface area contributed by atoms with Gasteiger partial charge >= 0.3 is 0 Å². The third-order valence-electron chi connectivity index (χ3n) is 2.37. The van der Waals surface area contributed by atoms with Crippen LogP contribution in [-0.2, 0) is 9.59 Å². The number of amides is 2. The third kappa shape index (κ3) is 4.61. The van der Waals surface area contributed by atoms with Crippen LogP contribution < -0.4 is 16.0 Å². The van der Waals surface area contributed by atoms with Crippen LogP contribution in [0.25, 0.3) is 0 Å². The predicted molar refractivity (Wildman–Crippen MR) is 61.9 cm³/mol. The fourth-order valence-corrected chi connectivity index (χ4v) is 1.65. The molecule has 0 bridgehead atoms. The number of carbonyl (C=O) groups is 2. The van der Waals surface area contributed by atoms with Gasteiger partial charge in [-0.25, -0.2) is 0 Å². The second-order valence-electron chi connectivity index (χ2n) is 5.21. The largest absolute Gasteiger partial charge is 0.350 e. The average molecular weight is 227 g/mol. The van der Waals surface area contributed by atoms with Crippen molar-refractivity contribution in [2.45, 2.75) is 32.7 Å². The zero-order chi connectivity index (χ0) is 12.2. The summed E-state index contributed by atoms with van der Waals surface area (Å²) in [6, 6.07) is 0. The average Bonchev–Trinajstić information content (AvgIpc) is 2.64. The van der Waals surface area contributed by atoms with Gasteiger partial charge in [-0.15, -0.1) is 0 Å². The molecule has 92 valence electrons. The second-order valence-corrected chi connectivity index (χ2v) is 5.21. The molecule has 0 radical (unpaired) electrons. The molecule has 3 N–H and O–H groups in total. The Bertz CT molecular complexity index is 265. The standard InChI is InChI=1S/C11H21N3O2/c1-11(2,3)14-9(15)7-13-10(16)8-4-5-12-6-8/h8,12H,4-7H2,1-3H3,(H,13,16)(H,14,15). The minimum Gasteiger partial charge on any atom is -0.350 e. The quantitative estimate of drug-likeness (QED) is 0.616. The molecule has 0 spiro atoms. The molecule has 16 heavy (non-hydrogen) atoms. The summed E-state index contributed by atoms with van der Waals surface area (Å²) >= 11 is 0. The Labute approximate surface area is 96.4 Å². The van der Waals surface area contributed by atoms with Crippen molar-refractivity contribution < 1.29 is 9.59 Å². The van der Waals surface area contributed by atoms with Crippen LogP contribution in [-0.4, -0.2) is 37.0 Å². The monoisotopic (exact) mass is 227 g/mol. The summed E-state index contributed by atoms with van der Waals surface area (Å²) in [6.45, 7) is 7.39. The first-order valence-corrected chi connectivity index (χ1v) is 5.68. The lowest BCUT2D eigenvalue weighted by atomic mass is 10.1. The minimum absolute atomic E-state index is 0.0161. The Morgan fingerprint density at radius 2 is 2.06 bits per heavy atom. The molecule has 1 fully saturated rings. The molecule has 0 aromatic rings. The topological polar surface area (TPSA) is 70.2 Å². The van der Waals surface area contributed by atoms with E-state index >= 15 is 0 Å². The zero-order valence-corrected chi connectivity index (χ0v) is 10.2. The van der Waals surface area contributed by atoms with Crippen molar-refractivity contribution >= 4 is 11.8 Å². The molecule has 1 atom stereocenters. The summed E-state index contributed by atoms with van der Waals surface area (Å²) in [5.74, 6) is -0.164. The molecule has 0 aromatic carbocycles. The van der Waals surface area contributed by atoms with E-state index < -0.39 is 0 Å². The van der Waals surface area contributed by atoms with Crippen molar-refractivity contribution in [1.29, 1.82) is 0 Å². The van der Waals surface area contributed by atoms with E-state index in [1.807, 2.05) is 20.8 Å². The summed E-state index contributed by atoms with van der Waals surface area (Å²) in [6.07, 6.45) is 0.854. The van der Waals surface area contributed by atoms with Gasteiger partial charge in [-0.1, -0.05) is 0 Å². The molecule has 1 saturated heterocycles. The van der Waals surface area contributed by atoms with Crippen molar-refractivity contribution in [2.24, 2.45) is 5.92 Å². The first-order valence-electron chi connectivity index (χ1n) is 5.68. The lowest BCUT2D eigenvalue weighted by molar-refractivity contribution is -0.128. The molecular weight excluding hydrogens is 206 g/mol. The summed E-state index contributed by atoms with van der Waals surface area (Å²) in [4.78, 5) is 23.0. The molecule has 5 heteroatoms. The van der Waals surface area contributed by atoms with E-state index in [9.17, 15) is 9.59 Å². The molecule has 0 saturated carbocycles. The van der Waals surface area contributed by atoms with Gasteiger partial charge in [0, 0.05) is 12.1 Å². The smallest absolute Gasteiger partial charge is 0.239 e. The number of hydrogen-bond acceptors (Lipinski definition) is 3. The van der Waals surface area contributed by atoms with Gasteiger partial charge in [0.1, 0.15) is 0 Å². The van der Waals surface area contributed by atoms with Crippen LogP contribution in [0.15, 0.2) is 0 Å². The molecule has 1 aliphatic heterocycles. The van der Waals surface area contributed by atoms with Crippen molar-refractivity contribution in [1.82, 2.24) is 16.0 Å². The Balaban J connectivity index is 2.23. The molecule has 0 aliphatic carbocycles. The number of nitrogens with one attached hydrogen (secondary N) is 3. The first kappa shape index (κ1) is 13.0. The number of hydrogen-bond donors (Lipinski definition) is 3. The Morgan fingerprint density at radius 1 is 1.38 bits per heavy atom. The SMILES string of the molecule is CC(C)(C)NC(=O)CNC(=O)C1CCNC1. The lowest BCUT2D eigenvalue weighted by Crippen LogP contribution is -2.46. The van der Waals surface area contributed by atoms with E-state index in [-0.39, 0.29) is 29.8 Å². The van der Waals surface area contributed by atoms with Crippen LogP contribution in [0, 0.1) is 5.92 Å². The Morgan fingerprint density at radius 3 is 2.56 bits per heavy atom. The Hall–Kier alpha value is -1.10. The van der Waals surface area contributed by atoms with Gasteiger partial charge in [0.25, 0.3) is 0 Å². The van der Waals surface area contributed by atoms with Gasteiger partial charge < -0.3 is 16.0 Å². The fourth-order valence-electron chi connectivity index (χ4n) is 1.65. The van der Waals surface area contributed by atoms with E-state index in [0.717, 1.165) is 13.0 Å². The number of carbonyl (C=O) groups excluding carboxylic acids is 2. The summed E-state index contributed by atoms with van der Waals surface area (Å²) in [7, 11) is 0. The van der Waals surface area contributed by atoms with E-state index in [0.29, 0.717) is 6.54 Å². The maximum atomic E-state index is 11.6. The second kappa shape index (κ2) is 5.30. The highest BCUT2D eigenvalue weighted by Gasteiger charge is 2.23. The molecule has 1 rings (SSSR count). The van der Waals surface area contributed by atoms with Crippen molar-refractivity contribution in [3.05, 3.63) is 0 Å². The van der Waals surface area contributed by atoms with Crippen molar-refractivity contribution in [2.75, 3.05) is 19.6 Å². The summed E-state index contributed by atoms with van der Waals surface area (Å²) in [5.41, 5.74) is -0.253. The Kier molecular flexibility index (Phi) is 4.29. The van der Waals surface area contributed by atoms with Crippen LogP contribution in [0.3, 0.4) is 0 Å². The third-order valence-corrected chi connectivity index (χ3v) is 2.37. The van der Waals surface area contributed by atoms with E-state index in [1.165, 1.54) is 0 Å². The van der Waals surface area contributed by atoms with E-state index in [4.69, 9.17) is 0 Å². The first-order chi connectivity index (χ1) is 7.38. The normalized spacial score (nSPS) is 20.6. The van der Waals surface area contributed by atoms with Gasteiger partial charge in [0.2, 0.25) is 11.8 Å². The van der Waals surface area contributed by atoms with E-state index in [2.05, 4.69) is 16.0 Å². The molecule has 1 heterocycles. The predicted octanol–water partition coefficient (Wildman–Crippen LogP) is -0.373. The van der Waals surface area contributed by atoms with E-state index in [1.54, 1.807) is 0 Å². The van der Waals surface area contributed by atoms with Crippen LogP contribution in [0.2, 0.25) is 0 Å². The van der Waals surface area contributed by atoms with Gasteiger partial charge in [-0.2, -0.15) is 0 Å². The molecular formula is C11H21N3O2. The molecule has 1 unspecified atom stereocenters. The summed E-state index contributed by atoms with van der Waals surface area (Å²) in [5, 5.41) is 8.57. The van der Waals surface area contributed by atoms with Crippen LogP contribution in [0.4, 0.5) is 0 Å². The molecule has 1 aliphatic rings. The summed E-state index contributed by atoms with van der Waals surface area (Å²) < 4.78 is 0. The van der Waals surface area contributed by atoms with Crippen LogP contribution in [0.1, 0.15) is 27.2 Å². The fraction of sp³-hybridized carbons (Fsp3) is 0.818. The highest BCUT2D eigenvalue weighted by Crippen LogP contribution is 2.06. The van der Waals surface area contributed by atoms with Crippen LogP contribution in [0.5, 0.6) is 0 Å². The van der Waals surface area contributed by atoms with Crippen molar-refractivity contribution in [3.8, 4) is 0 Å². The molecule has 0 aromatic heterocycles. The van der Waals surface area contributed by atoms with Crippen molar-refractivity contribution in [3.63, 3.8) is 0 Å². The van der Waals surface area contributed by atoms with Crippen LogP contribution >= 0.6 is 0 Å². The highest BCUT2D eigenvalue weighted by atomic mass is 16.2. The van der Waals surface area contributed by atoms with Gasteiger partial charge in [-0.3, -0.25) is 9.59 Å².